The van der Waals surface area contributed by atoms with E-state index in [9.17, 15) is 4.39 Å². The van der Waals surface area contributed by atoms with Gasteiger partial charge in [-0.25, -0.2) is 4.39 Å². The molecule has 2 aromatic rings. The Labute approximate surface area is 85.5 Å². The van der Waals surface area contributed by atoms with Crippen LogP contribution < -0.4 is 0 Å². The minimum Gasteiger partial charge on any atom is -0.350 e. The van der Waals surface area contributed by atoms with Crippen LogP contribution in [0.3, 0.4) is 0 Å². The molecule has 0 atom stereocenters. The van der Waals surface area contributed by atoms with E-state index in [0.29, 0.717) is 10.2 Å². The Morgan fingerprint density at radius 2 is 2.00 bits per heavy atom. The van der Waals surface area contributed by atoms with Crippen LogP contribution in [0, 0.1) is 10.5 Å². The molecule has 0 aliphatic carbocycles. The lowest BCUT2D eigenvalue weighted by molar-refractivity contribution is 0.621. The Hall–Kier alpha value is -1.55. The number of rotatable bonds is 1. The molecule has 0 amide bonds. The number of nitrogens with zero attached hydrogens (tertiary/aromatic N) is 1. The number of H-pyrrole nitrogens is 1. The molecule has 2 nitrogen and oxygen atoms in total. The van der Waals surface area contributed by atoms with E-state index in [-0.39, 0.29) is 5.82 Å². The molecule has 0 saturated carbocycles. The number of pyridine rings is 2. The lowest BCUT2D eigenvalue weighted by Crippen LogP contribution is -1.85. The Balaban J connectivity index is 2.63. The van der Waals surface area contributed by atoms with Gasteiger partial charge in [0.2, 0.25) is 0 Å². The fourth-order valence-corrected chi connectivity index (χ4v) is 1.44. The third-order valence-electron chi connectivity index (χ3n) is 1.86. The maximum atomic E-state index is 12.9. The van der Waals surface area contributed by atoms with Crippen LogP contribution in [0.25, 0.3) is 11.1 Å². The quantitative estimate of drug-likeness (QED) is 0.727. The van der Waals surface area contributed by atoms with E-state index >= 15 is 0 Å². The fourth-order valence-electron chi connectivity index (χ4n) is 1.20. The molecule has 0 radical (unpaired) electrons. The lowest BCUT2D eigenvalue weighted by atomic mass is 10.1. The normalized spacial score (nSPS) is 10.1. The first kappa shape index (κ1) is 9.02. The highest BCUT2D eigenvalue weighted by Crippen LogP contribution is 2.19. The van der Waals surface area contributed by atoms with Crippen LogP contribution in [0.2, 0.25) is 0 Å². The van der Waals surface area contributed by atoms with Gasteiger partial charge in [0, 0.05) is 24.2 Å². The minimum atomic E-state index is -0.328. The largest absolute Gasteiger partial charge is 0.350 e. The Kier molecular flexibility index (Phi) is 2.37. The topological polar surface area (TPSA) is 28.7 Å². The molecule has 2 rings (SSSR count). The second kappa shape index (κ2) is 3.67. The van der Waals surface area contributed by atoms with Gasteiger partial charge in [0.25, 0.3) is 0 Å². The van der Waals surface area contributed by atoms with Gasteiger partial charge in [0.1, 0.15) is 10.5 Å². The van der Waals surface area contributed by atoms with E-state index in [4.69, 9.17) is 12.2 Å². The first-order valence-electron chi connectivity index (χ1n) is 4.06. The molecule has 14 heavy (non-hydrogen) atoms. The van der Waals surface area contributed by atoms with Crippen LogP contribution in [0.5, 0.6) is 0 Å². The van der Waals surface area contributed by atoms with Crippen molar-refractivity contribution in [3.8, 4) is 11.1 Å². The van der Waals surface area contributed by atoms with E-state index in [0.717, 1.165) is 5.56 Å². The molecule has 0 aliphatic rings. The second-order valence-corrected chi connectivity index (χ2v) is 3.20. The van der Waals surface area contributed by atoms with Crippen LogP contribution in [0.4, 0.5) is 4.39 Å². The summed E-state index contributed by atoms with van der Waals surface area (Å²) in [6.07, 6.45) is 4.54. The van der Waals surface area contributed by atoms with E-state index < -0.39 is 0 Å². The molecule has 0 saturated heterocycles. The van der Waals surface area contributed by atoms with Gasteiger partial charge in [-0.1, -0.05) is 12.2 Å². The van der Waals surface area contributed by atoms with E-state index in [2.05, 4.69) is 9.97 Å². The minimum absolute atomic E-state index is 0.328. The second-order valence-electron chi connectivity index (χ2n) is 2.80. The van der Waals surface area contributed by atoms with Gasteiger partial charge < -0.3 is 4.98 Å². The van der Waals surface area contributed by atoms with Crippen LogP contribution in [-0.4, -0.2) is 9.97 Å². The van der Waals surface area contributed by atoms with Crippen LogP contribution in [0.1, 0.15) is 0 Å². The van der Waals surface area contributed by atoms with Crippen molar-refractivity contribution in [3.05, 3.63) is 47.2 Å². The molecule has 70 valence electrons. The number of hydrogen-bond acceptors (Lipinski definition) is 2. The zero-order valence-corrected chi connectivity index (χ0v) is 8.01. The smallest absolute Gasteiger partial charge is 0.139 e. The highest BCUT2D eigenvalue weighted by atomic mass is 32.1. The fraction of sp³-hybridized carbons (Fsp3) is 0. The van der Waals surface area contributed by atoms with E-state index in [1.165, 1.54) is 12.3 Å². The summed E-state index contributed by atoms with van der Waals surface area (Å²) in [6, 6.07) is 4.99. The molecule has 0 spiro atoms. The van der Waals surface area contributed by atoms with Gasteiger partial charge >= 0.3 is 0 Å². The Morgan fingerprint density at radius 3 is 2.71 bits per heavy atom. The summed E-state index contributed by atoms with van der Waals surface area (Å²) in [4.78, 5) is 6.57. The number of halogens is 1. The maximum Gasteiger partial charge on any atom is 0.139 e. The molecular weight excluding hydrogens is 199 g/mol. The Morgan fingerprint density at radius 1 is 1.29 bits per heavy atom. The summed E-state index contributed by atoms with van der Waals surface area (Å²) in [5, 5.41) is 0. The third-order valence-corrected chi connectivity index (χ3v) is 2.20. The summed E-state index contributed by atoms with van der Waals surface area (Å²) in [6.45, 7) is 0. The van der Waals surface area contributed by atoms with Crippen molar-refractivity contribution in [1.82, 2.24) is 9.97 Å². The van der Waals surface area contributed by atoms with Gasteiger partial charge in [0.05, 0.1) is 0 Å². The molecule has 0 fully saturated rings. The summed E-state index contributed by atoms with van der Waals surface area (Å²) < 4.78 is 13.5. The monoisotopic (exact) mass is 206 g/mol. The van der Waals surface area contributed by atoms with Crippen molar-refractivity contribution in [1.29, 1.82) is 0 Å². The van der Waals surface area contributed by atoms with Crippen molar-refractivity contribution in [2.75, 3.05) is 0 Å². The van der Waals surface area contributed by atoms with E-state index in [1.807, 2.05) is 0 Å². The predicted octanol–water partition coefficient (Wildman–Crippen LogP) is 2.95. The van der Waals surface area contributed by atoms with Crippen molar-refractivity contribution in [2.24, 2.45) is 0 Å². The average molecular weight is 206 g/mol. The molecular formula is C10H7FN2S. The number of aromatic amines is 1. The zero-order valence-electron chi connectivity index (χ0n) is 7.20. The first-order valence-corrected chi connectivity index (χ1v) is 4.47. The SMILES string of the molecule is Fc1c[nH]c(=S)c(-c2ccncc2)c1. The maximum absolute atomic E-state index is 12.9. The van der Waals surface area contributed by atoms with Gasteiger partial charge in [0.15, 0.2) is 0 Å². The Bertz CT molecular complexity index is 493. The van der Waals surface area contributed by atoms with E-state index in [1.54, 1.807) is 24.5 Å². The van der Waals surface area contributed by atoms with Crippen molar-refractivity contribution in [2.45, 2.75) is 0 Å². The third kappa shape index (κ3) is 1.70. The van der Waals surface area contributed by atoms with Gasteiger partial charge in [-0.3, -0.25) is 4.98 Å². The molecule has 1 N–H and O–H groups in total. The summed E-state index contributed by atoms with van der Waals surface area (Å²) in [5.74, 6) is -0.328. The predicted molar refractivity (Wildman–Crippen MR) is 54.8 cm³/mol. The molecule has 0 unspecified atom stereocenters. The summed E-state index contributed by atoms with van der Waals surface area (Å²) >= 11 is 5.05. The van der Waals surface area contributed by atoms with Crippen molar-refractivity contribution >= 4 is 12.2 Å². The average Bonchev–Trinajstić information content (AvgIpc) is 2.23. The highest BCUT2D eigenvalue weighted by molar-refractivity contribution is 7.71. The molecule has 4 heteroatoms. The zero-order chi connectivity index (χ0) is 9.97. The number of hydrogen-bond donors (Lipinski definition) is 1. The van der Waals surface area contributed by atoms with Gasteiger partial charge in [-0.15, -0.1) is 0 Å². The van der Waals surface area contributed by atoms with Crippen LogP contribution in [-0.2, 0) is 0 Å². The molecule has 0 bridgehead atoms. The molecule has 0 aromatic carbocycles. The number of aromatic nitrogens is 2. The van der Waals surface area contributed by atoms with Crippen LogP contribution >= 0.6 is 12.2 Å². The molecule has 2 aromatic heterocycles. The highest BCUT2D eigenvalue weighted by Gasteiger charge is 2.00. The van der Waals surface area contributed by atoms with Crippen molar-refractivity contribution in [3.63, 3.8) is 0 Å². The van der Waals surface area contributed by atoms with Crippen LogP contribution in [0.15, 0.2) is 36.8 Å². The summed E-state index contributed by atoms with van der Waals surface area (Å²) in [7, 11) is 0. The van der Waals surface area contributed by atoms with Crippen molar-refractivity contribution < 1.29 is 4.39 Å². The first-order chi connectivity index (χ1) is 6.77. The number of nitrogens with one attached hydrogen (secondary N) is 1. The summed E-state index contributed by atoms with van der Waals surface area (Å²) in [5.41, 5.74) is 1.54. The lowest BCUT2D eigenvalue weighted by Gasteiger charge is -2.00. The standard InChI is InChI=1S/C10H7FN2S/c11-8-5-9(10(14)13-6-8)7-1-3-12-4-2-7/h1-6H,(H,13,14). The molecule has 0 aliphatic heterocycles. The molecule has 2 heterocycles. The van der Waals surface area contributed by atoms with Gasteiger partial charge in [-0.05, 0) is 23.8 Å². The van der Waals surface area contributed by atoms with Gasteiger partial charge in [-0.2, -0.15) is 0 Å².